The number of hydrogen-bond donors (Lipinski definition) is 1. The first-order chi connectivity index (χ1) is 26.0. The molecule has 8 nitrogen and oxygen atoms in total. The van der Waals surface area contributed by atoms with Crippen molar-refractivity contribution in [3.05, 3.63) is 185 Å². The van der Waals surface area contributed by atoms with Crippen LogP contribution in [0.3, 0.4) is 0 Å². The summed E-state index contributed by atoms with van der Waals surface area (Å²) in [6.07, 6.45) is -3.28. The molecule has 0 spiro atoms. The molecule has 1 unspecified atom stereocenters. The summed E-state index contributed by atoms with van der Waals surface area (Å²) >= 11 is 0. The lowest BCUT2D eigenvalue weighted by atomic mass is 9.85. The third kappa shape index (κ3) is 8.95. The van der Waals surface area contributed by atoms with Crippen LogP contribution >= 0.6 is 0 Å². The molecule has 5 aromatic carbocycles. The lowest BCUT2D eigenvalue weighted by Gasteiger charge is -2.48. The molecule has 2 heterocycles. The van der Waals surface area contributed by atoms with Crippen molar-refractivity contribution >= 4 is 0 Å². The lowest BCUT2D eigenvalue weighted by Crippen LogP contribution is -2.59. The molecule has 7 rings (SSSR count). The van der Waals surface area contributed by atoms with Gasteiger partial charge in [-0.15, -0.1) is 0 Å². The highest BCUT2D eigenvalue weighted by molar-refractivity contribution is 5.47. The SMILES string of the molecule is C=C1[C@@H](COCc2ccccc2)OC(O)(c2cc(C3OCCO3)c(C)cc2OCc2ccccc2)[C@H](OCc2ccccc2)[C@H]1OCc1ccccc1. The molecule has 0 amide bonds. The highest BCUT2D eigenvalue weighted by Gasteiger charge is 2.55. The molecule has 2 fully saturated rings. The number of hydrogen-bond acceptors (Lipinski definition) is 8. The standard InChI is InChI=1S/C45H46O8/c1-32-25-40(50-28-35-17-9-4-10-18-35)39(26-38(32)44-48-23-24-49-44)45(46)43(52-30-37-21-13-6-14-22-37)42(51-29-36-19-11-5-12-20-36)33(2)41(53-45)31-47-27-34-15-7-3-8-16-34/h3-22,25-26,41-44,46H,2,23-24,27-31H2,1H3/t41-,42+,43-,45?/m1/s1. The molecule has 8 heteroatoms. The Hall–Kier alpha value is -4.64. The zero-order valence-corrected chi connectivity index (χ0v) is 30.0. The molecular formula is C45H46O8. The van der Waals surface area contributed by atoms with Crippen LogP contribution in [0.2, 0.25) is 0 Å². The Morgan fingerprint density at radius 3 is 1.75 bits per heavy atom. The van der Waals surface area contributed by atoms with Gasteiger partial charge in [0.25, 0.3) is 0 Å². The van der Waals surface area contributed by atoms with E-state index in [1.54, 1.807) is 0 Å². The Bertz CT molecular complexity index is 1900. The van der Waals surface area contributed by atoms with Crippen molar-refractivity contribution in [2.75, 3.05) is 19.8 Å². The monoisotopic (exact) mass is 714 g/mol. The number of aryl methyl sites for hydroxylation is 1. The molecule has 2 saturated heterocycles. The van der Waals surface area contributed by atoms with E-state index in [0.717, 1.165) is 33.4 Å². The predicted octanol–water partition coefficient (Wildman–Crippen LogP) is 8.11. The summed E-state index contributed by atoms with van der Waals surface area (Å²) in [5.74, 6) is -1.67. The molecular weight excluding hydrogens is 668 g/mol. The maximum Gasteiger partial charge on any atom is 0.226 e. The van der Waals surface area contributed by atoms with E-state index in [1.165, 1.54) is 0 Å². The van der Waals surface area contributed by atoms with E-state index >= 15 is 0 Å². The van der Waals surface area contributed by atoms with E-state index in [0.29, 0.717) is 36.7 Å². The average molecular weight is 715 g/mol. The molecule has 4 atom stereocenters. The summed E-state index contributed by atoms with van der Waals surface area (Å²) < 4.78 is 44.9. The second-order valence-electron chi connectivity index (χ2n) is 13.4. The zero-order chi connectivity index (χ0) is 36.5. The van der Waals surface area contributed by atoms with Crippen molar-refractivity contribution in [2.45, 2.75) is 63.7 Å². The molecule has 0 radical (unpaired) electrons. The number of benzene rings is 5. The highest BCUT2D eigenvalue weighted by atomic mass is 16.7. The van der Waals surface area contributed by atoms with Gasteiger partial charge in [0.1, 0.15) is 30.7 Å². The third-order valence-electron chi connectivity index (χ3n) is 9.55. The lowest BCUT2D eigenvalue weighted by molar-refractivity contribution is -0.335. The van der Waals surface area contributed by atoms with Gasteiger partial charge < -0.3 is 38.3 Å². The van der Waals surface area contributed by atoms with Crippen LogP contribution in [0.5, 0.6) is 5.75 Å². The van der Waals surface area contributed by atoms with Crippen molar-refractivity contribution in [1.82, 2.24) is 0 Å². The van der Waals surface area contributed by atoms with Crippen LogP contribution in [0.15, 0.2) is 146 Å². The molecule has 0 aromatic heterocycles. The Morgan fingerprint density at radius 2 is 1.19 bits per heavy atom. The quantitative estimate of drug-likeness (QED) is 0.109. The van der Waals surface area contributed by atoms with Crippen LogP contribution in [0.1, 0.15) is 45.2 Å². The molecule has 53 heavy (non-hydrogen) atoms. The van der Waals surface area contributed by atoms with Gasteiger partial charge in [0.15, 0.2) is 6.29 Å². The fourth-order valence-corrected chi connectivity index (χ4v) is 6.70. The van der Waals surface area contributed by atoms with Gasteiger partial charge >= 0.3 is 0 Å². The molecule has 5 aromatic rings. The second-order valence-corrected chi connectivity index (χ2v) is 13.4. The van der Waals surface area contributed by atoms with E-state index in [1.807, 2.05) is 140 Å². The van der Waals surface area contributed by atoms with Gasteiger partial charge in [-0.1, -0.05) is 128 Å². The normalized spacial score (nSPS) is 21.8. The third-order valence-corrected chi connectivity index (χ3v) is 9.55. The fraction of sp³-hybridized carbons (Fsp3) is 0.289. The first-order valence-corrected chi connectivity index (χ1v) is 18.0. The molecule has 0 aliphatic carbocycles. The summed E-state index contributed by atoms with van der Waals surface area (Å²) in [7, 11) is 0. The molecule has 2 aliphatic heterocycles. The Kier molecular flexibility index (Phi) is 12.1. The predicted molar refractivity (Wildman–Crippen MR) is 201 cm³/mol. The summed E-state index contributed by atoms with van der Waals surface area (Å²) in [6.45, 7) is 8.54. The van der Waals surface area contributed by atoms with Crippen LogP contribution < -0.4 is 4.74 Å². The summed E-state index contributed by atoms with van der Waals surface area (Å²) in [6, 6.07) is 43.3. The van der Waals surface area contributed by atoms with Crippen molar-refractivity contribution in [3.8, 4) is 5.75 Å². The van der Waals surface area contributed by atoms with Crippen LogP contribution in [0.4, 0.5) is 0 Å². The van der Waals surface area contributed by atoms with Crippen LogP contribution in [0.25, 0.3) is 0 Å². The van der Waals surface area contributed by atoms with Crippen molar-refractivity contribution < 1.29 is 38.3 Å². The topological polar surface area (TPSA) is 84.8 Å². The first-order valence-electron chi connectivity index (χ1n) is 18.0. The number of ether oxygens (including phenoxy) is 7. The van der Waals surface area contributed by atoms with Gasteiger partial charge in [-0.3, -0.25) is 0 Å². The fourth-order valence-electron chi connectivity index (χ4n) is 6.70. The van der Waals surface area contributed by atoms with E-state index in [9.17, 15) is 5.11 Å². The minimum absolute atomic E-state index is 0.112. The van der Waals surface area contributed by atoms with E-state index in [2.05, 4.69) is 6.58 Å². The van der Waals surface area contributed by atoms with E-state index < -0.39 is 30.4 Å². The number of aliphatic hydroxyl groups is 1. The van der Waals surface area contributed by atoms with Gasteiger partial charge in [-0.2, -0.15) is 0 Å². The van der Waals surface area contributed by atoms with Crippen molar-refractivity contribution in [3.63, 3.8) is 0 Å². The molecule has 0 saturated carbocycles. The second kappa shape index (κ2) is 17.5. The molecule has 0 bridgehead atoms. The summed E-state index contributed by atoms with van der Waals surface area (Å²) in [5.41, 5.74) is 6.48. The summed E-state index contributed by atoms with van der Waals surface area (Å²) in [4.78, 5) is 0. The zero-order valence-electron chi connectivity index (χ0n) is 30.0. The maximum atomic E-state index is 13.3. The van der Waals surface area contributed by atoms with Crippen LogP contribution in [0, 0.1) is 6.92 Å². The van der Waals surface area contributed by atoms with Gasteiger partial charge in [0.05, 0.1) is 45.2 Å². The smallest absolute Gasteiger partial charge is 0.226 e. The van der Waals surface area contributed by atoms with Gasteiger partial charge in [0, 0.05) is 5.56 Å². The Morgan fingerprint density at radius 1 is 0.679 bits per heavy atom. The van der Waals surface area contributed by atoms with Gasteiger partial charge in [-0.05, 0) is 52.4 Å². The largest absolute Gasteiger partial charge is 0.488 e. The van der Waals surface area contributed by atoms with Gasteiger partial charge in [-0.25, -0.2) is 0 Å². The van der Waals surface area contributed by atoms with Crippen molar-refractivity contribution in [2.24, 2.45) is 0 Å². The van der Waals surface area contributed by atoms with Gasteiger partial charge in [0.2, 0.25) is 5.79 Å². The Balaban J connectivity index is 1.30. The maximum absolute atomic E-state index is 13.3. The molecule has 2 aliphatic rings. The van der Waals surface area contributed by atoms with Crippen LogP contribution in [-0.2, 0) is 60.6 Å². The van der Waals surface area contributed by atoms with E-state index in [4.69, 9.17) is 33.2 Å². The van der Waals surface area contributed by atoms with Crippen LogP contribution in [-0.4, -0.2) is 43.2 Å². The molecule has 1 N–H and O–H groups in total. The highest BCUT2D eigenvalue weighted by Crippen LogP contribution is 2.47. The first kappa shape index (κ1) is 36.7. The average Bonchev–Trinajstić information content (AvgIpc) is 3.74. The summed E-state index contributed by atoms with van der Waals surface area (Å²) in [5, 5.41) is 13.3. The Labute approximate surface area is 311 Å². The minimum Gasteiger partial charge on any atom is -0.488 e. The number of rotatable bonds is 15. The molecule has 274 valence electrons. The van der Waals surface area contributed by atoms with E-state index in [-0.39, 0.29) is 26.4 Å². The minimum atomic E-state index is -2.11. The van der Waals surface area contributed by atoms with Crippen molar-refractivity contribution in [1.29, 1.82) is 0 Å².